The average molecular weight is 281 g/mol. The molecule has 0 saturated heterocycles. The molecule has 2 aromatic rings. The van der Waals surface area contributed by atoms with E-state index in [9.17, 15) is 9.18 Å². The number of ether oxygens (including phenoxy) is 1. The summed E-state index contributed by atoms with van der Waals surface area (Å²) in [4.78, 5) is 19.1. The van der Waals surface area contributed by atoms with Gasteiger partial charge in [0.25, 0.3) is 0 Å². The highest BCUT2D eigenvalue weighted by Gasteiger charge is 2.14. The van der Waals surface area contributed by atoms with Crippen molar-refractivity contribution in [3.05, 3.63) is 40.6 Å². The second-order valence-electron chi connectivity index (χ2n) is 3.79. The molecule has 6 heteroatoms. The molecule has 19 heavy (non-hydrogen) atoms. The molecule has 0 aliphatic heterocycles. The minimum Gasteiger partial charge on any atom is -0.494 e. The molecule has 0 aliphatic carbocycles. The van der Waals surface area contributed by atoms with Crippen LogP contribution in [0.1, 0.15) is 16.2 Å². The summed E-state index contributed by atoms with van der Waals surface area (Å²) in [6, 6.07) is 4.31. The number of carbonyl (C=O) groups is 1. The van der Waals surface area contributed by atoms with Crippen molar-refractivity contribution < 1.29 is 13.9 Å². The lowest BCUT2D eigenvalue weighted by Gasteiger charge is -2.08. The van der Waals surface area contributed by atoms with Crippen molar-refractivity contribution in [3.8, 4) is 17.0 Å². The maximum Gasteiger partial charge on any atom is 0.165 e. The van der Waals surface area contributed by atoms with Crippen LogP contribution in [-0.2, 0) is 0 Å². The first-order valence-electron chi connectivity index (χ1n) is 5.40. The largest absolute Gasteiger partial charge is 0.494 e. The molecule has 1 aromatic carbocycles. The van der Waals surface area contributed by atoms with Crippen LogP contribution in [0.4, 0.5) is 4.39 Å². The first-order chi connectivity index (χ1) is 9.06. The fraction of sp³-hybridized carbons (Fsp3) is 0.154. The Morgan fingerprint density at radius 3 is 2.68 bits per heavy atom. The number of benzene rings is 1. The highest BCUT2D eigenvalue weighted by atomic mass is 35.5. The predicted molar refractivity (Wildman–Crippen MR) is 69.1 cm³/mol. The second-order valence-corrected chi connectivity index (χ2v) is 4.15. The number of aldehydes is 1. The van der Waals surface area contributed by atoms with Gasteiger partial charge in [-0.3, -0.25) is 4.79 Å². The molecule has 0 N–H and O–H groups in total. The molecule has 0 fully saturated rings. The molecule has 0 amide bonds. The Kier molecular flexibility index (Phi) is 3.76. The van der Waals surface area contributed by atoms with Crippen molar-refractivity contribution in [2.24, 2.45) is 0 Å². The lowest BCUT2D eigenvalue weighted by Crippen LogP contribution is -2.00. The molecule has 98 valence electrons. The van der Waals surface area contributed by atoms with Gasteiger partial charge in [0, 0.05) is 5.56 Å². The predicted octanol–water partition coefficient (Wildman–Crippen LogP) is 3.07. The minimum atomic E-state index is -0.538. The standard InChI is InChI=1S/C13H10ClFN2O2/c1-7-16-12(9(6-18)13(14)17-7)8-3-4-11(19-2)10(15)5-8/h3-6H,1-2H3. The first-order valence-corrected chi connectivity index (χ1v) is 5.78. The van der Waals surface area contributed by atoms with Crippen LogP contribution < -0.4 is 4.74 Å². The van der Waals surface area contributed by atoms with E-state index in [0.29, 0.717) is 23.4 Å². The monoisotopic (exact) mass is 280 g/mol. The number of methoxy groups -OCH3 is 1. The van der Waals surface area contributed by atoms with E-state index in [-0.39, 0.29) is 16.5 Å². The van der Waals surface area contributed by atoms with E-state index >= 15 is 0 Å². The lowest BCUT2D eigenvalue weighted by molar-refractivity contribution is 0.112. The Balaban J connectivity index is 2.64. The van der Waals surface area contributed by atoms with Crippen molar-refractivity contribution in [2.45, 2.75) is 6.92 Å². The maximum absolute atomic E-state index is 13.7. The number of hydrogen-bond donors (Lipinski definition) is 0. The van der Waals surface area contributed by atoms with Crippen molar-refractivity contribution in [1.82, 2.24) is 9.97 Å². The summed E-state index contributed by atoms with van der Waals surface area (Å²) in [7, 11) is 1.38. The molecule has 0 spiro atoms. The van der Waals surface area contributed by atoms with Crippen LogP contribution in [0.15, 0.2) is 18.2 Å². The van der Waals surface area contributed by atoms with E-state index in [2.05, 4.69) is 9.97 Å². The second kappa shape index (κ2) is 5.32. The number of rotatable bonds is 3. The number of carbonyl (C=O) groups excluding carboxylic acids is 1. The zero-order valence-corrected chi connectivity index (χ0v) is 11.0. The highest BCUT2D eigenvalue weighted by molar-refractivity contribution is 6.32. The van der Waals surface area contributed by atoms with Gasteiger partial charge >= 0.3 is 0 Å². The molecule has 0 bridgehead atoms. The Hall–Kier alpha value is -2.01. The summed E-state index contributed by atoms with van der Waals surface area (Å²) in [5, 5.41) is 0.0497. The number of hydrogen-bond acceptors (Lipinski definition) is 4. The summed E-state index contributed by atoms with van der Waals surface area (Å²) >= 11 is 5.88. The molecule has 0 unspecified atom stereocenters. The quantitative estimate of drug-likeness (QED) is 0.640. The number of aryl methyl sites for hydroxylation is 1. The summed E-state index contributed by atoms with van der Waals surface area (Å²) in [6.07, 6.45) is 0.555. The Bertz CT molecular complexity index is 647. The van der Waals surface area contributed by atoms with Crippen molar-refractivity contribution in [2.75, 3.05) is 7.11 Å². The summed E-state index contributed by atoms with van der Waals surface area (Å²) in [6.45, 7) is 1.64. The summed E-state index contributed by atoms with van der Waals surface area (Å²) in [5.41, 5.74) is 0.874. The number of aromatic nitrogens is 2. The van der Waals surface area contributed by atoms with E-state index in [1.54, 1.807) is 13.0 Å². The van der Waals surface area contributed by atoms with Gasteiger partial charge < -0.3 is 4.74 Å². The first kappa shape index (κ1) is 13.4. The van der Waals surface area contributed by atoms with Gasteiger partial charge in [0.2, 0.25) is 0 Å². The zero-order valence-electron chi connectivity index (χ0n) is 10.3. The summed E-state index contributed by atoms with van der Waals surface area (Å²) < 4.78 is 18.5. The van der Waals surface area contributed by atoms with E-state index in [1.165, 1.54) is 19.2 Å². The Morgan fingerprint density at radius 2 is 2.11 bits per heavy atom. The van der Waals surface area contributed by atoms with Crippen LogP contribution in [0, 0.1) is 12.7 Å². The molecule has 2 rings (SSSR count). The number of nitrogens with zero attached hydrogens (tertiary/aromatic N) is 2. The third kappa shape index (κ3) is 2.56. The third-order valence-electron chi connectivity index (χ3n) is 2.55. The van der Waals surface area contributed by atoms with Gasteiger partial charge in [-0.2, -0.15) is 0 Å². The number of halogens is 2. The molecular formula is C13H10ClFN2O2. The van der Waals surface area contributed by atoms with Crippen molar-refractivity contribution in [1.29, 1.82) is 0 Å². The molecule has 1 aromatic heterocycles. The molecule has 0 radical (unpaired) electrons. The molecule has 0 saturated carbocycles. The lowest BCUT2D eigenvalue weighted by atomic mass is 10.1. The van der Waals surface area contributed by atoms with E-state index in [1.807, 2.05) is 0 Å². The van der Waals surface area contributed by atoms with E-state index in [0.717, 1.165) is 0 Å². The van der Waals surface area contributed by atoms with Crippen LogP contribution in [0.25, 0.3) is 11.3 Å². The minimum absolute atomic E-state index is 0.0497. The van der Waals surface area contributed by atoms with Crippen LogP contribution >= 0.6 is 11.6 Å². The van der Waals surface area contributed by atoms with Crippen LogP contribution in [0.2, 0.25) is 5.15 Å². The van der Waals surface area contributed by atoms with E-state index in [4.69, 9.17) is 16.3 Å². The topological polar surface area (TPSA) is 52.1 Å². The van der Waals surface area contributed by atoms with Gasteiger partial charge in [0.05, 0.1) is 18.4 Å². The van der Waals surface area contributed by atoms with E-state index < -0.39 is 5.82 Å². The van der Waals surface area contributed by atoms with Gasteiger partial charge in [-0.15, -0.1) is 0 Å². The fourth-order valence-corrected chi connectivity index (χ4v) is 1.94. The Labute approximate surface area is 114 Å². The van der Waals surface area contributed by atoms with Crippen LogP contribution in [0.5, 0.6) is 5.75 Å². The average Bonchev–Trinajstić information content (AvgIpc) is 2.37. The Morgan fingerprint density at radius 1 is 1.37 bits per heavy atom. The normalized spacial score (nSPS) is 10.3. The van der Waals surface area contributed by atoms with Crippen LogP contribution in [-0.4, -0.2) is 23.4 Å². The maximum atomic E-state index is 13.7. The zero-order chi connectivity index (χ0) is 14.0. The van der Waals surface area contributed by atoms with Gasteiger partial charge in [0.15, 0.2) is 17.9 Å². The van der Waals surface area contributed by atoms with Crippen molar-refractivity contribution >= 4 is 17.9 Å². The highest BCUT2D eigenvalue weighted by Crippen LogP contribution is 2.28. The fourth-order valence-electron chi connectivity index (χ4n) is 1.69. The molecule has 4 nitrogen and oxygen atoms in total. The smallest absolute Gasteiger partial charge is 0.165 e. The summed E-state index contributed by atoms with van der Waals surface area (Å²) in [5.74, 6) is -0.0145. The molecule has 0 atom stereocenters. The molecular weight excluding hydrogens is 271 g/mol. The van der Waals surface area contributed by atoms with Crippen LogP contribution in [0.3, 0.4) is 0 Å². The SMILES string of the molecule is COc1ccc(-c2nc(C)nc(Cl)c2C=O)cc1F. The van der Waals surface area contributed by atoms with Gasteiger partial charge in [-0.1, -0.05) is 11.6 Å². The van der Waals surface area contributed by atoms with Crippen molar-refractivity contribution in [3.63, 3.8) is 0 Å². The molecule has 1 heterocycles. The third-order valence-corrected chi connectivity index (χ3v) is 2.84. The molecule has 0 aliphatic rings. The van der Waals surface area contributed by atoms with Gasteiger partial charge in [-0.25, -0.2) is 14.4 Å². The van der Waals surface area contributed by atoms with Gasteiger partial charge in [-0.05, 0) is 25.1 Å². The van der Waals surface area contributed by atoms with Gasteiger partial charge in [0.1, 0.15) is 11.0 Å².